The molecule has 2 heterocycles. The number of pyridine rings is 1. The number of sulfone groups is 1. The molecule has 0 bridgehead atoms. The van der Waals surface area contributed by atoms with Crippen LogP contribution in [0.2, 0.25) is 0 Å². The molecule has 4 rings (SSSR count). The zero-order valence-corrected chi connectivity index (χ0v) is 24.0. The number of halogens is 1. The van der Waals surface area contributed by atoms with Crippen LogP contribution in [0, 0.1) is 5.82 Å². The first kappa shape index (κ1) is 29.5. The van der Waals surface area contributed by atoms with Crippen molar-refractivity contribution in [2.75, 3.05) is 58.4 Å². The van der Waals surface area contributed by atoms with Gasteiger partial charge in [0.25, 0.3) is 0 Å². The monoisotopic (exact) mass is 573 g/mol. The lowest BCUT2D eigenvalue weighted by Gasteiger charge is -2.32. The van der Waals surface area contributed by atoms with E-state index in [1.807, 2.05) is 14.0 Å². The lowest BCUT2D eigenvalue weighted by Crippen LogP contribution is -2.47. The minimum atomic E-state index is -3.64. The molecule has 0 spiro atoms. The van der Waals surface area contributed by atoms with Crippen molar-refractivity contribution in [3.05, 3.63) is 58.6 Å². The Hall–Kier alpha value is -3.44. The van der Waals surface area contributed by atoms with Crippen LogP contribution < -0.4 is 14.9 Å². The van der Waals surface area contributed by atoms with Gasteiger partial charge in [0.2, 0.25) is 5.91 Å². The molecule has 11 heteroatoms. The molecule has 1 amide bonds. The second kappa shape index (κ2) is 12.8. The van der Waals surface area contributed by atoms with Crippen molar-refractivity contribution < 1.29 is 27.1 Å². The summed E-state index contributed by atoms with van der Waals surface area (Å²) in [5.41, 5.74) is 0.460. The van der Waals surface area contributed by atoms with E-state index >= 15 is 4.39 Å². The first-order chi connectivity index (χ1) is 19.1. The quantitative estimate of drug-likeness (QED) is 0.348. The summed E-state index contributed by atoms with van der Waals surface area (Å²) >= 11 is 0. The van der Waals surface area contributed by atoms with E-state index in [1.54, 1.807) is 39.9 Å². The Morgan fingerprint density at radius 1 is 1.02 bits per heavy atom. The van der Waals surface area contributed by atoms with Crippen LogP contribution >= 0.6 is 0 Å². The number of aryl methyl sites for hydroxylation is 1. The number of hydrogen-bond acceptors (Lipinski definition) is 7. The highest BCUT2D eigenvalue weighted by molar-refractivity contribution is 7.91. The number of methoxy groups -OCH3 is 1. The highest BCUT2D eigenvalue weighted by atomic mass is 32.2. The number of carbonyl (C=O) groups excluding carboxylic acids is 1. The lowest BCUT2D eigenvalue weighted by molar-refractivity contribution is -0.132. The maximum absolute atomic E-state index is 15.2. The first-order valence-corrected chi connectivity index (χ1v) is 15.2. The van der Waals surface area contributed by atoms with Crippen LogP contribution in [0.5, 0.6) is 11.5 Å². The minimum absolute atomic E-state index is 0.0447. The Morgan fingerprint density at radius 3 is 2.38 bits per heavy atom. The van der Waals surface area contributed by atoms with Crippen LogP contribution in [0.3, 0.4) is 0 Å². The molecule has 0 saturated carbocycles. The van der Waals surface area contributed by atoms with Crippen LogP contribution in [-0.4, -0.2) is 87.1 Å². The van der Waals surface area contributed by atoms with Gasteiger partial charge in [0.1, 0.15) is 17.3 Å². The van der Waals surface area contributed by atoms with Gasteiger partial charge in [-0.05, 0) is 43.3 Å². The number of aromatic nitrogens is 1. The molecule has 0 atom stereocenters. The van der Waals surface area contributed by atoms with Crippen molar-refractivity contribution in [3.63, 3.8) is 0 Å². The van der Waals surface area contributed by atoms with Crippen molar-refractivity contribution >= 4 is 26.6 Å². The van der Waals surface area contributed by atoms with Gasteiger partial charge in [0.15, 0.2) is 15.3 Å². The van der Waals surface area contributed by atoms with Gasteiger partial charge >= 0.3 is 0 Å². The summed E-state index contributed by atoms with van der Waals surface area (Å²) in [6, 6.07) is 9.44. The van der Waals surface area contributed by atoms with E-state index in [2.05, 4.69) is 4.90 Å². The Bertz CT molecular complexity index is 1510. The van der Waals surface area contributed by atoms with E-state index in [4.69, 9.17) is 9.47 Å². The molecule has 40 heavy (non-hydrogen) atoms. The second-order valence-electron chi connectivity index (χ2n) is 10.00. The highest BCUT2D eigenvalue weighted by Gasteiger charge is 2.23. The van der Waals surface area contributed by atoms with Crippen LogP contribution in [0.4, 0.5) is 4.39 Å². The Balaban J connectivity index is 1.65. The largest absolute Gasteiger partial charge is 0.497 e. The highest BCUT2D eigenvalue weighted by Crippen LogP contribution is 2.30. The molecule has 1 fully saturated rings. The smallest absolute Gasteiger partial charge is 0.223 e. The molecular formula is C29H36FN3O6S. The molecule has 1 saturated heterocycles. The zero-order valence-electron chi connectivity index (χ0n) is 23.2. The van der Waals surface area contributed by atoms with Crippen molar-refractivity contribution in [1.29, 1.82) is 0 Å². The summed E-state index contributed by atoms with van der Waals surface area (Å²) in [5, 5.41) is -0.162. The van der Waals surface area contributed by atoms with E-state index in [9.17, 15) is 18.0 Å². The number of likely N-dealkylation sites (N-methyl/N-ethyl adjacent to an activating group) is 1. The average molecular weight is 574 g/mol. The van der Waals surface area contributed by atoms with Crippen molar-refractivity contribution in [2.45, 2.75) is 26.3 Å². The van der Waals surface area contributed by atoms with E-state index in [1.165, 1.54) is 19.2 Å². The number of piperazine rings is 1. The number of fused-ring (bicyclic) bond motifs is 1. The fourth-order valence-corrected chi connectivity index (χ4v) is 5.90. The third kappa shape index (κ3) is 6.82. The van der Waals surface area contributed by atoms with E-state index < -0.39 is 21.1 Å². The lowest BCUT2D eigenvalue weighted by atomic mass is 10.0. The van der Waals surface area contributed by atoms with Gasteiger partial charge in [-0.1, -0.05) is 19.1 Å². The molecule has 1 aliphatic heterocycles. The molecular weight excluding hydrogens is 537 g/mol. The third-order valence-electron chi connectivity index (χ3n) is 7.12. The molecule has 9 nitrogen and oxygen atoms in total. The summed E-state index contributed by atoms with van der Waals surface area (Å²) in [7, 11) is -0.122. The number of benzene rings is 2. The van der Waals surface area contributed by atoms with E-state index in [0.29, 0.717) is 43.2 Å². The number of hydrogen-bond donors (Lipinski definition) is 0. The summed E-state index contributed by atoms with van der Waals surface area (Å²) in [6.07, 6.45) is 2.16. The summed E-state index contributed by atoms with van der Waals surface area (Å²) in [5.74, 6) is -0.553. The molecule has 1 aliphatic rings. The van der Waals surface area contributed by atoms with Gasteiger partial charge < -0.3 is 23.8 Å². The standard InChI is InChI=1S/C29H36FN3O6S/c1-4-17-39-25-10-9-24(30)27-28(25)33(20-23(29(27)35)21-5-7-22(38-3)8-6-21)16-19-40(36,37)18-11-26(34)32-14-12-31(2)13-15-32/h5-10,20H,4,11-19H2,1-3H3. The van der Waals surface area contributed by atoms with Gasteiger partial charge in [0.05, 0.1) is 36.1 Å². The number of rotatable bonds is 11. The zero-order chi connectivity index (χ0) is 28.9. The van der Waals surface area contributed by atoms with Gasteiger partial charge in [-0.15, -0.1) is 0 Å². The SMILES string of the molecule is CCCOc1ccc(F)c2c(=O)c(-c3ccc(OC)cc3)cn(CCS(=O)(=O)CCC(=O)N3CCN(C)CC3)c12. The molecule has 2 aromatic carbocycles. The van der Waals surface area contributed by atoms with Gasteiger partial charge in [-0.3, -0.25) is 9.59 Å². The average Bonchev–Trinajstić information content (AvgIpc) is 2.95. The molecule has 1 aromatic heterocycles. The number of amides is 1. The fourth-order valence-electron chi connectivity index (χ4n) is 4.74. The molecule has 0 N–H and O–H groups in total. The number of carbonyl (C=O) groups is 1. The predicted octanol–water partition coefficient (Wildman–Crippen LogP) is 3.18. The van der Waals surface area contributed by atoms with E-state index in [0.717, 1.165) is 13.1 Å². The predicted molar refractivity (Wildman–Crippen MR) is 153 cm³/mol. The maximum atomic E-state index is 15.2. The summed E-state index contributed by atoms with van der Waals surface area (Å²) in [4.78, 5) is 30.0. The van der Waals surface area contributed by atoms with Crippen LogP contribution in [0.15, 0.2) is 47.4 Å². The molecule has 0 radical (unpaired) electrons. The van der Waals surface area contributed by atoms with Gasteiger partial charge in [0, 0.05) is 50.9 Å². The Morgan fingerprint density at radius 2 is 1.73 bits per heavy atom. The summed E-state index contributed by atoms with van der Waals surface area (Å²) in [6.45, 7) is 4.91. The first-order valence-electron chi connectivity index (χ1n) is 13.4. The maximum Gasteiger partial charge on any atom is 0.223 e. The van der Waals surface area contributed by atoms with Crippen LogP contribution in [0.1, 0.15) is 19.8 Å². The van der Waals surface area contributed by atoms with Crippen molar-refractivity contribution in [3.8, 4) is 22.6 Å². The summed E-state index contributed by atoms with van der Waals surface area (Å²) < 4.78 is 53.8. The van der Waals surface area contributed by atoms with Gasteiger partial charge in [-0.25, -0.2) is 12.8 Å². The minimum Gasteiger partial charge on any atom is -0.497 e. The van der Waals surface area contributed by atoms with Crippen LogP contribution in [-0.2, 0) is 21.2 Å². The second-order valence-corrected chi connectivity index (χ2v) is 12.3. The third-order valence-corrected chi connectivity index (χ3v) is 8.75. The van der Waals surface area contributed by atoms with E-state index in [-0.39, 0.29) is 46.8 Å². The van der Waals surface area contributed by atoms with Crippen molar-refractivity contribution in [2.24, 2.45) is 0 Å². The molecule has 0 aliphatic carbocycles. The van der Waals surface area contributed by atoms with Crippen molar-refractivity contribution in [1.82, 2.24) is 14.4 Å². The van der Waals surface area contributed by atoms with Crippen LogP contribution in [0.25, 0.3) is 22.0 Å². The van der Waals surface area contributed by atoms with Gasteiger partial charge in [-0.2, -0.15) is 0 Å². The topological polar surface area (TPSA) is 98.1 Å². The molecule has 0 unspecified atom stereocenters. The number of ether oxygens (including phenoxy) is 2. The Labute approximate surface area is 234 Å². The number of nitrogens with zero attached hydrogens (tertiary/aromatic N) is 3. The Kier molecular flexibility index (Phi) is 9.47. The fraction of sp³-hybridized carbons (Fsp3) is 0.448. The normalized spacial score (nSPS) is 14.4. The molecule has 3 aromatic rings. The molecule has 216 valence electrons.